The Balaban J connectivity index is 0.00000324. The number of halogens is 2. The van der Waals surface area contributed by atoms with E-state index >= 15 is 0 Å². The van der Waals surface area contributed by atoms with Gasteiger partial charge in [0.25, 0.3) is 0 Å². The number of benzene rings is 1. The lowest BCUT2D eigenvalue weighted by atomic mass is 10.0. The Hall–Kier alpha value is -0.580. The van der Waals surface area contributed by atoms with E-state index in [-0.39, 0.29) is 24.4 Å². The summed E-state index contributed by atoms with van der Waals surface area (Å²) >= 11 is 3.37. The van der Waals surface area contributed by atoms with Crippen molar-refractivity contribution in [1.82, 2.24) is 5.32 Å². The van der Waals surface area contributed by atoms with Gasteiger partial charge in [0, 0.05) is 17.1 Å². The monoisotopic (exact) mass is 348 g/mol. The van der Waals surface area contributed by atoms with E-state index in [1.54, 1.807) is 0 Å². The molecule has 1 atom stereocenters. The van der Waals surface area contributed by atoms with Gasteiger partial charge < -0.3 is 11.1 Å². The Morgan fingerprint density at radius 1 is 1.32 bits per heavy atom. The normalized spacial score (nSPS) is 11.8. The van der Waals surface area contributed by atoms with E-state index in [0.29, 0.717) is 18.9 Å². The molecule has 0 saturated carbocycles. The lowest BCUT2D eigenvalue weighted by molar-refractivity contribution is -0.121. The third-order valence-corrected chi connectivity index (χ3v) is 3.21. The number of carbonyl (C=O) groups excluding carboxylic acids is 1. The molecule has 1 aromatic carbocycles. The summed E-state index contributed by atoms with van der Waals surface area (Å²) < 4.78 is 1.02. The second kappa shape index (κ2) is 9.34. The fraction of sp³-hybridized carbons (Fsp3) is 0.500. The first-order chi connectivity index (χ1) is 8.51. The molecule has 0 spiro atoms. The van der Waals surface area contributed by atoms with E-state index < -0.39 is 0 Å². The van der Waals surface area contributed by atoms with Crippen LogP contribution in [0.4, 0.5) is 0 Å². The Bertz CT molecular complexity index is 382. The fourth-order valence-electron chi connectivity index (χ4n) is 1.85. The van der Waals surface area contributed by atoms with Gasteiger partial charge in [-0.25, -0.2) is 0 Å². The first-order valence-electron chi connectivity index (χ1n) is 6.25. The SMILES string of the molecule is CC(C)CC(CN)NC(=O)Cc1ccc(Br)cc1.Cl. The van der Waals surface area contributed by atoms with Gasteiger partial charge in [0.05, 0.1) is 6.42 Å². The summed E-state index contributed by atoms with van der Waals surface area (Å²) in [5.74, 6) is 0.569. The first kappa shape index (κ1) is 18.4. The number of hydrogen-bond acceptors (Lipinski definition) is 2. The maximum atomic E-state index is 11.9. The van der Waals surface area contributed by atoms with E-state index in [4.69, 9.17) is 5.73 Å². The van der Waals surface area contributed by atoms with Crippen LogP contribution in [-0.4, -0.2) is 18.5 Å². The van der Waals surface area contributed by atoms with Gasteiger partial charge in [-0.15, -0.1) is 12.4 Å². The van der Waals surface area contributed by atoms with E-state index in [9.17, 15) is 4.79 Å². The average molecular weight is 350 g/mol. The number of carbonyl (C=O) groups is 1. The molecular weight excluding hydrogens is 328 g/mol. The van der Waals surface area contributed by atoms with Crippen molar-refractivity contribution in [3.05, 3.63) is 34.3 Å². The summed E-state index contributed by atoms with van der Waals surface area (Å²) in [4.78, 5) is 11.9. The van der Waals surface area contributed by atoms with Gasteiger partial charge in [-0.2, -0.15) is 0 Å². The highest BCUT2D eigenvalue weighted by Crippen LogP contribution is 2.11. The Labute approximate surface area is 129 Å². The van der Waals surface area contributed by atoms with Crippen molar-refractivity contribution in [2.24, 2.45) is 11.7 Å². The first-order valence-corrected chi connectivity index (χ1v) is 7.04. The number of hydrogen-bond donors (Lipinski definition) is 2. The van der Waals surface area contributed by atoms with Gasteiger partial charge in [-0.3, -0.25) is 4.79 Å². The van der Waals surface area contributed by atoms with Crippen LogP contribution >= 0.6 is 28.3 Å². The van der Waals surface area contributed by atoms with Crippen LogP contribution in [0.3, 0.4) is 0 Å². The molecule has 0 radical (unpaired) electrons. The van der Waals surface area contributed by atoms with Crippen LogP contribution in [0.15, 0.2) is 28.7 Å². The maximum absolute atomic E-state index is 11.9. The average Bonchev–Trinajstić information content (AvgIpc) is 2.30. The summed E-state index contributed by atoms with van der Waals surface area (Å²) in [5.41, 5.74) is 6.67. The number of amides is 1. The van der Waals surface area contributed by atoms with Gasteiger partial charge >= 0.3 is 0 Å². The Kier molecular flexibility index (Phi) is 9.06. The minimum absolute atomic E-state index is 0. The lowest BCUT2D eigenvalue weighted by Crippen LogP contribution is -2.41. The van der Waals surface area contributed by atoms with Gasteiger partial charge in [-0.1, -0.05) is 41.9 Å². The van der Waals surface area contributed by atoms with Crippen LogP contribution in [-0.2, 0) is 11.2 Å². The summed E-state index contributed by atoms with van der Waals surface area (Å²) in [6.07, 6.45) is 1.32. The molecule has 19 heavy (non-hydrogen) atoms. The molecule has 5 heteroatoms. The molecule has 0 fully saturated rings. The molecule has 108 valence electrons. The summed E-state index contributed by atoms with van der Waals surface area (Å²) in [6, 6.07) is 7.86. The number of nitrogens with two attached hydrogens (primary N) is 1. The van der Waals surface area contributed by atoms with Crippen LogP contribution in [0.2, 0.25) is 0 Å². The molecule has 1 rings (SSSR count). The molecule has 3 nitrogen and oxygen atoms in total. The molecule has 1 unspecified atom stereocenters. The van der Waals surface area contributed by atoms with Crippen molar-refractivity contribution in [2.45, 2.75) is 32.7 Å². The van der Waals surface area contributed by atoms with E-state index in [0.717, 1.165) is 16.5 Å². The topological polar surface area (TPSA) is 55.1 Å². The van der Waals surface area contributed by atoms with Crippen LogP contribution in [0.5, 0.6) is 0 Å². The van der Waals surface area contributed by atoms with Crippen molar-refractivity contribution in [1.29, 1.82) is 0 Å². The highest BCUT2D eigenvalue weighted by Gasteiger charge is 2.12. The molecule has 3 N–H and O–H groups in total. The lowest BCUT2D eigenvalue weighted by Gasteiger charge is -2.18. The zero-order chi connectivity index (χ0) is 13.5. The third kappa shape index (κ3) is 7.55. The molecule has 0 aromatic heterocycles. The molecule has 0 aliphatic carbocycles. The van der Waals surface area contributed by atoms with Gasteiger partial charge in [-0.05, 0) is 30.0 Å². The minimum atomic E-state index is 0. The van der Waals surface area contributed by atoms with Crippen molar-refractivity contribution in [3.63, 3.8) is 0 Å². The van der Waals surface area contributed by atoms with Crippen LogP contribution < -0.4 is 11.1 Å². The molecule has 0 saturated heterocycles. The zero-order valence-electron chi connectivity index (χ0n) is 11.4. The van der Waals surface area contributed by atoms with Crippen LogP contribution in [0, 0.1) is 5.92 Å². The van der Waals surface area contributed by atoms with Gasteiger partial charge in [0.2, 0.25) is 5.91 Å². The van der Waals surface area contributed by atoms with Crippen molar-refractivity contribution < 1.29 is 4.79 Å². The second-order valence-electron chi connectivity index (χ2n) is 4.93. The Morgan fingerprint density at radius 3 is 2.37 bits per heavy atom. The molecule has 1 amide bonds. The highest BCUT2D eigenvalue weighted by molar-refractivity contribution is 9.10. The molecule has 1 aromatic rings. The van der Waals surface area contributed by atoms with E-state index in [1.165, 1.54) is 0 Å². The predicted molar refractivity (Wildman–Crippen MR) is 85.5 cm³/mol. The zero-order valence-corrected chi connectivity index (χ0v) is 13.8. The molecule has 0 heterocycles. The standard InChI is InChI=1S/C14H21BrN2O.ClH/c1-10(2)7-13(9-16)17-14(18)8-11-3-5-12(15)6-4-11;/h3-6,10,13H,7-9,16H2,1-2H3,(H,17,18);1H. The minimum Gasteiger partial charge on any atom is -0.352 e. The molecule has 0 aliphatic rings. The summed E-state index contributed by atoms with van der Waals surface area (Å²) in [7, 11) is 0. The summed E-state index contributed by atoms with van der Waals surface area (Å²) in [6.45, 7) is 4.75. The number of rotatable bonds is 6. The van der Waals surface area contributed by atoms with E-state index in [2.05, 4.69) is 35.1 Å². The molecular formula is C14H22BrClN2O. The van der Waals surface area contributed by atoms with Crippen molar-refractivity contribution in [3.8, 4) is 0 Å². The third-order valence-electron chi connectivity index (χ3n) is 2.68. The maximum Gasteiger partial charge on any atom is 0.224 e. The van der Waals surface area contributed by atoms with Gasteiger partial charge in [0.1, 0.15) is 0 Å². The summed E-state index contributed by atoms with van der Waals surface area (Å²) in [5, 5.41) is 2.99. The number of nitrogens with one attached hydrogen (secondary N) is 1. The van der Waals surface area contributed by atoms with Crippen LogP contribution in [0.1, 0.15) is 25.8 Å². The Morgan fingerprint density at radius 2 is 1.89 bits per heavy atom. The second-order valence-corrected chi connectivity index (χ2v) is 5.85. The largest absolute Gasteiger partial charge is 0.352 e. The van der Waals surface area contributed by atoms with E-state index in [1.807, 2.05) is 24.3 Å². The fourth-order valence-corrected chi connectivity index (χ4v) is 2.11. The molecule has 0 aliphatic heterocycles. The van der Waals surface area contributed by atoms with Crippen LogP contribution in [0.25, 0.3) is 0 Å². The quantitative estimate of drug-likeness (QED) is 0.829. The highest BCUT2D eigenvalue weighted by atomic mass is 79.9. The van der Waals surface area contributed by atoms with Crippen molar-refractivity contribution in [2.75, 3.05) is 6.54 Å². The van der Waals surface area contributed by atoms with Crippen molar-refractivity contribution >= 4 is 34.2 Å². The predicted octanol–water partition coefficient (Wildman–Crippen LogP) is 2.90. The molecule has 0 bridgehead atoms. The van der Waals surface area contributed by atoms with Gasteiger partial charge in [0.15, 0.2) is 0 Å². The smallest absolute Gasteiger partial charge is 0.224 e.